The Balaban J connectivity index is 1.60. The summed E-state index contributed by atoms with van der Waals surface area (Å²) in [7, 11) is 2.90. The van der Waals surface area contributed by atoms with Gasteiger partial charge in [-0.1, -0.05) is 12.2 Å². The van der Waals surface area contributed by atoms with Gasteiger partial charge in [-0.3, -0.25) is 9.59 Å². The summed E-state index contributed by atoms with van der Waals surface area (Å²) in [6.45, 7) is 0. The fourth-order valence-electron chi connectivity index (χ4n) is 6.45. The van der Waals surface area contributed by atoms with Crippen LogP contribution in [-0.4, -0.2) is 26.2 Å². The van der Waals surface area contributed by atoms with Gasteiger partial charge in [0.05, 0.1) is 14.2 Å². The number of carbonyl (C=O) groups excluding carboxylic acids is 2. The zero-order chi connectivity index (χ0) is 15.4. The number of esters is 2. The minimum absolute atomic E-state index is 0.136. The predicted molar refractivity (Wildman–Crippen MR) is 79.6 cm³/mol. The van der Waals surface area contributed by atoms with Crippen LogP contribution in [0.1, 0.15) is 25.7 Å². The van der Waals surface area contributed by atoms with Crippen LogP contribution in [0.25, 0.3) is 0 Å². The SMILES string of the molecule is COC(=O)CC1C(CC(=O)OC)C2CC1C1C3C=CC(C3)C21. The molecule has 8 atom stereocenters. The molecule has 4 aliphatic rings. The normalized spacial score (nSPS) is 46.8. The van der Waals surface area contributed by atoms with E-state index >= 15 is 0 Å². The van der Waals surface area contributed by atoms with Gasteiger partial charge < -0.3 is 9.47 Å². The third-order valence-electron chi connectivity index (χ3n) is 7.03. The molecule has 4 rings (SSSR count). The highest BCUT2D eigenvalue weighted by Gasteiger charge is 2.64. The van der Waals surface area contributed by atoms with E-state index in [2.05, 4.69) is 12.2 Å². The number of ether oxygens (including phenoxy) is 2. The Morgan fingerprint density at radius 1 is 0.864 bits per heavy atom. The molecule has 0 spiro atoms. The summed E-state index contributed by atoms with van der Waals surface area (Å²) < 4.78 is 9.81. The van der Waals surface area contributed by atoms with Crippen LogP contribution in [0.3, 0.4) is 0 Å². The van der Waals surface area contributed by atoms with Gasteiger partial charge in [0, 0.05) is 12.8 Å². The van der Waals surface area contributed by atoms with E-state index in [1.807, 2.05) is 0 Å². The summed E-state index contributed by atoms with van der Waals surface area (Å²) in [5.41, 5.74) is 0. The van der Waals surface area contributed by atoms with Crippen LogP contribution >= 0.6 is 0 Å². The molecule has 0 N–H and O–H groups in total. The van der Waals surface area contributed by atoms with Gasteiger partial charge in [0.2, 0.25) is 0 Å². The van der Waals surface area contributed by atoms with E-state index in [1.54, 1.807) is 0 Å². The van der Waals surface area contributed by atoms with Crippen molar-refractivity contribution in [1.29, 1.82) is 0 Å². The van der Waals surface area contributed by atoms with E-state index in [0.717, 1.165) is 11.8 Å². The molecule has 4 aliphatic carbocycles. The molecule has 0 aromatic heterocycles. The summed E-state index contributed by atoms with van der Waals surface area (Å²) >= 11 is 0. The maximum absolute atomic E-state index is 11.8. The minimum Gasteiger partial charge on any atom is -0.469 e. The third-order valence-corrected chi connectivity index (χ3v) is 7.03. The Hall–Kier alpha value is -1.32. The van der Waals surface area contributed by atoms with Gasteiger partial charge >= 0.3 is 11.9 Å². The molecular formula is C18H24O4. The van der Waals surface area contributed by atoms with E-state index in [9.17, 15) is 9.59 Å². The Bertz CT molecular complexity index is 481. The van der Waals surface area contributed by atoms with Gasteiger partial charge in [-0.15, -0.1) is 0 Å². The van der Waals surface area contributed by atoms with E-state index in [-0.39, 0.29) is 11.9 Å². The Labute approximate surface area is 131 Å². The van der Waals surface area contributed by atoms with Crippen molar-refractivity contribution in [2.45, 2.75) is 25.7 Å². The summed E-state index contributed by atoms with van der Waals surface area (Å²) in [5.74, 6) is 4.40. The smallest absolute Gasteiger partial charge is 0.305 e. The average Bonchev–Trinajstić information content (AvgIpc) is 3.25. The minimum atomic E-state index is -0.136. The molecular weight excluding hydrogens is 280 g/mol. The second kappa shape index (κ2) is 5.10. The molecule has 4 heteroatoms. The molecule has 0 aliphatic heterocycles. The molecule has 0 aromatic rings. The molecule has 0 aromatic carbocycles. The monoisotopic (exact) mass is 304 g/mol. The van der Waals surface area contributed by atoms with Crippen molar-refractivity contribution in [1.82, 2.24) is 0 Å². The third kappa shape index (κ3) is 1.88. The highest BCUT2D eigenvalue weighted by atomic mass is 16.5. The van der Waals surface area contributed by atoms with Crippen LogP contribution in [0, 0.1) is 47.3 Å². The standard InChI is InChI=1S/C18H24O4/c1-21-15(19)7-11-12(8-16(20)22-2)14-6-13(11)17-9-3-4-10(5-9)18(14)17/h3-4,9-14,17-18H,5-8H2,1-2H3. The van der Waals surface area contributed by atoms with Crippen molar-refractivity contribution < 1.29 is 19.1 Å². The summed E-state index contributed by atoms with van der Waals surface area (Å²) in [6.07, 6.45) is 8.20. The number of methoxy groups -OCH3 is 2. The van der Waals surface area contributed by atoms with E-state index in [0.29, 0.717) is 48.3 Å². The van der Waals surface area contributed by atoms with E-state index in [1.165, 1.54) is 27.1 Å². The second-order valence-corrected chi connectivity index (χ2v) is 7.55. The van der Waals surface area contributed by atoms with Gasteiger partial charge in [-0.05, 0) is 60.2 Å². The topological polar surface area (TPSA) is 52.6 Å². The number of fused-ring (bicyclic) bond motifs is 9. The second-order valence-electron chi connectivity index (χ2n) is 7.55. The lowest BCUT2D eigenvalue weighted by Gasteiger charge is -2.41. The molecule has 8 unspecified atom stereocenters. The van der Waals surface area contributed by atoms with Gasteiger partial charge in [-0.2, -0.15) is 0 Å². The molecule has 4 nitrogen and oxygen atoms in total. The van der Waals surface area contributed by atoms with Crippen molar-refractivity contribution in [2.24, 2.45) is 47.3 Å². The summed E-state index contributed by atoms with van der Waals surface area (Å²) in [6, 6.07) is 0. The Kier molecular flexibility index (Phi) is 3.31. The lowest BCUT2D eigenvalue weighted by Crippen LogP contribution is -2.39. The molecule has 0 saturated heterocycles. The predicted octanol–water partition coefficient (Wildman–Crippen LogP) is 2.43. The summed E-state index contributed by atoms with van der Waals surface area (Å²) in [5, 5.41) is 0. The van der Waals surface area contributed by atoms with Crippen LogP contribution < -0.4 is 0 Å². The quantitative estimate of drug-likeness (QED) is 0.455. The lowest BCUT2D eigenvalue weighted by atomic mass is 9.63. The van der Waals surface area contributed by atoms with Crippen molar-refractivity contribution >= 4 is 11.9 Å². The van der Waals surface area contributed by atoms with Crippen LogP contribution in [0.5, 0.6) is 0 Å². The molecule has 0 amide bonds. The zero-order valence-corrected chi connectivity index (χ0v) is 13.2. The maximum atomic E-state index is 11.8. The molecule has 0 radical (unpaired) electrons. The largest absolute Gasteiger partial charge is 0.469 e. The highest BCUT2D eigenvalue weighted by molar-refractivity contribution is 5.71. The van der Waals surface area contributed by atoms with Gasteiger partial charge in [0.15, 0.2) is 0 Å². The zero-order valence-electron chi connectivity index (χ0n) is 13.2. The number of hydrogen-bond acceptors (Lipinski definition) is 4. The van der Waals surface area contributed by atoms with Crippen LogP contribution in [-0.2, 0) is 19.1 Å². The van der Waals surface area contributed by atoms with Crippen molar-refractivity contribution in [3.05, 3.63) is 12.2 Å². The van der Waals surface area contributed by atoms with Crippen LogP contribution in [0.2, 0.25) is 0 Å². The highest BCUT2D eigenvalue weighted by Crippen LogP contribution is 2.69. The molecule has 4 bridgehead atoms. The van der Waals surface area contributed by atoms with Gasteiger partial charge in [0.25, 0.3) is 0 Å². The summed E-state index contributed by atoms with van der Waals surface area (Å²) in [4.78, 5) is 23.7. The molecule has 3 saturated carbocycles. The van der Waals surface area contributed by atoms with Crippen LogP contribution in [0.4, 0.5) is 0 Å². The van der Waals surface area contributed by atoms with E-state index < -0.39 is 0 Å². The molecule has 120 valence electrons. The number of allylic oxidation sites excluding steroid dienone is 2. The van der Waals surface area contributed by atoms with Crippen molar-refractivity contribution in [3.8, 4) is 0 Å². The first-order chi connectivity index (χ1) is 10.6. The maximum Gasteiger partial charge on any atom is 0.305 e. The van der Waals surface area contributed by atoms with Gasteiger partial charge in [-0.25, -0.2) is 0 Å². The molecule has 3 fully saturated rings. The van der Waals surface area contributed by atoms with Crippen molar-refractivity contribution in [3.63, 3.8) is 0 Å². The first-order valence-electron chi connectivity index (χ1n) is 8.46. The number of rotatable bonds is 4. The fraction of sp³-hybridized carbons (Fsp3) is 0.778. The first-order valence-corrected chi connectivity index (χ1v) is 8.46. The Morgan fingerprint density at radius 2 is 1.32 bits per heavy atom. The molecule has 22 heavy (non-hydrogen) atoms. The van der Waals surface area contributed by atoms with Crippen LogP contribution in [0.15, 0.2) is 12.2 Å². The van der Waals surface area contributed by atoms with Gasteiger partial charge in [0.1, 0.15) is 0 Å². The number of carbonyl (C=O) groups is 2. The molecule has 0 heterocycles. The number of hydrogen-bond donors (Lipinski definition) is 0. The fourth-order valence-corrected chi connectivity index (χ4v) is 6.45. The van der Waals surface area contributed by atoms with Crippen molar-refractivity contribution in [2.75, 3.05) is 14.2 Å². The van der Waals surface area contributed by atoms with E-state index in [4.69, 9.17) is 9.47 Å². The average molecular weight is 304 g/mol. The lowest BCUT2D eigenvalue weighted by molar-refractivity contribution is -0.147. The Morgan fingerprint density at radius 3 is 1.73 bits per heavy atom. The first kappa shape index (κ1) is 14.3.